The van der Waals surface area contributed by atoms with Crippen LogP contribution in [-0.2, 0) is 15.9 Å². The van der Waals surface area contributed by atoms with Gasteiger partial charge >= 0.3 is 0 Å². The largest absolute Gasteiger partial charge is 0.461 e. The summed E-state index contributed by atoms with van der Waals surface area (Å²) in [5, 5.41) is 12.0. The fraction of sp³-hybridized carbons (Fsp3) is 0.0625. The van der Waals surface area contributed by atoms with Crippen molar-refractivity contribution in [2.24, 2.45) is 0 Å². The molecule has 5 heteroatoms. The number of carbonyl (C=O) groups is 2. The number of carbonyl (C=O) groups excluding carboxylic acids is 2. The molecular weight excluding hydrogens is 462 g/mol. The molecule has 37 heavy (non-hydrogen) atoms. The summed E-state index contributed by atoms with van der Waals surface area (Å²) in [5.74, 6) is -1.63. The van der Waals surface area contributed by atoms with Crippen molar-refractivity contribution in [1.29, 1.82) is 0 Å². The Kier molecular flexibility index (Phi) is 5.36. The maximum Gasteiger partial charge on any atom is 0.273 e. The van der Waals surface area contributed by atoms with Gasteiger partial charge in [-0.1, -0.05) is 109 Å². The monoisotopic (exact) mass is 485 g/mol. The van der Waals surface area contributed by atoms with Gasteiger partial charge in [0.2, 0.25) is 11.4 Å². The van der Waals surface area contributed by atoms with Crippen molar-refractivity contribution in [2.45, 2.75) is 11.1 Å². The lowest BCUT2D eigenvalue weighted by Crippen LogP contribution is -2.55. The fourth-order valence-corrected chi connectivity index (χ4v) is 5.42. The third-order valence-corrected chi connectivity index (χ3v) is 7.03. The molecule has 1 N–H and O–H groups in total. The first-order valence-electron chi connectivity index (χ1n) is 12.0. The molecule has 5 aromatic rings. The second-order valence-electron chi connectivity index (χ2n) is 8.98. The number of benzene rings is 4. The van der Waals surface area contributed by atoms with E-state index in [9.17, 15) is 14.7 Å². The number of hydrogen-bond acceptors (Lipinski definition) is 4. The van der Waals surface area contributed by atoms with E-state index in [1.165, 1.54) is 12.3 Å². The minimum atomic E-state index is -2.46. The fourth-order valence-electron chi connectivity index (χ4n) is 5.42. The van der Waals surface area contributed by atoms with E-state index in [1.807, 2.05) is 91.0 Å². The van der Waals surface area contributed by atoms with Crippen molar-refractivity contribution in [2.75, 3.05) is 4.90 Å². The maximum absolute atomic E-state index is 14.6. The van der Waals surface area contributed by atoms with Crippen LogP contribution in [0.2, 0.25) is 0 Å². The molecule has 0 saturated heterocycles. The molecule has 2 heterocycles. The van der Waals surface area contributed by atoms with Gasteiger partial charge in [0, 0.05) is 5.56 Å². The highest BCUT2D eigenvalue weighted by atomic mass is 16.4. The summed E-state index contributed by atoms with van der Waals surface area (Å²) in [4.78, 5) is 29.9. The van der Waals surface area contributed by atoms with E-state index in [0.717, 1.165) is 16.7 Å². The number of amides is 1. The van der Waals surface area contributed by atoms with E-state index in [0.29, 0.717) is 5.69 Å². The number of para-hydroxylation sites is 1. The highest BCUT2D eigenvalue weighted by Gasteiger charge is 2.61. The quantitative estimate of drug-likeness (QED) is 0.191. The molecule has 0 aliphatic carbocycles. The predicted octanol–water partition coefficient (Wildman–Crippen LogP) is 5.69. The van der Waals surface area contributed by atoms with E-state index < -0.39 is 22.8 Å². The lowest BCUT2D eigenvalue weighted by Gasteiger charge is -2.44. The molecule has 0 fully saturated rings. The number of fused-ring (bicyclic) bond motifs is 1. The van der Waals surface area contributed by atoms with Crippen molar-refractivity contribution < 1.29 is 19.1 Å². The Hall–Kier alpha value is -4.74. The number of rotatable bonds is 6. The minimum absolute atomic E-state index is 0.0859. The van der Waals surface area contributed by atoms with Crippen LogP contribution in [0.1, 0.15) is 32.8 Å². The predicted molar refractivity (Wildman–Crippen MR) is 140 cm³/mol. The number of hydrogen-bond donors (Lipinski definition) is 1. The SMILES string of the molecule is O=C(c1ccco1)[C@@]1(O)C(=O)N(C(c2ccccc2)(c2ccccc2)c2ccccc2)c2ccccc21. The summed E-state index contributed by atoms with van der Waals surface area (Å²) in [7, 11) is 0. The normalized spacial score (nSPS) is 17.0. The summed E-state index contributed by atoms with van der Waals surface area (Å²) in [6.07, 6.45) is 1.35. The maximum atomic E-state index is 14.6. The molecule has 0 spiro atoms. The smallest absolute Gasteiger partial charge is 0.273 e. The van der Waals surface area contributed by atoms with Gasteiger partial charge < -0.3 is 9.52 Å². The van der Waals surface area contributed by atoms with Gasteiger partial charge in [-0.15, -0.1) is 0 Å². The molecule has 1 aliphatic rings. The molecule has 5 nitrogen and oxygen atoms in total. The minimum Gasteiger partial charge on any atom is -0.461 e. The molecule has 6 rings (SSSR count). The summed E-state index contributed by atoms with van der Waals surface area (Å²) >= 11 is 0. The van der Waals surface area contributed by atoms with Crippen LogP contribution in [0.4, 0.5) is 5.69 Å². The lowest BCUT2D eigenvalue weighted by atomic mass is 9.75. The molecule has 4 aromatic carbocycles. The first kappa shape index (κ1) is 22.7. The summed E-state index contributed by atoms with van der Waals surface area (Å²) in [6.45, 7) is 0. The van der Waals surface area contributed by atoms with Crippen LogP contribution in [0.5, 0.6) is 0 Å². The molecule has 0 saturated carbocycles. The van der Waals surface area contributed by atoms with E-state index in [4.69, 9.17) is 4.42 Å². The lowest BCUT2D eigenvalue weighted by molar-refractivity contribution is -0.132. The Morgan fingerprint density at radius 3 is 1.65 bits per heavy atom. The van der Waals surface area contributed by atoms with Gasteiger partial charge in [-0.2, -0.15) is 0 Å². The van der Waals surface area contributed by atoms with Crippen molar-refractivity contribution in [3.63, 3.8) is 0 Å². The van der Waals surface area contributed by atoms with Crippen LogP contribution in [0.15, 0.2) is 138 Å². The van der Waals surface area contributed by atoms with Gasteiger partial charge in [-0.25, -0.2) is 0 Å². The van der Waals surface area contributed by atoms with Gasteiger partial charge in [0.25, 0.3) is 5.91 Å². The highest BCUT2D eigenvalue weighted by molar-refractivity contribution is 6.25. The van der Waals surface area contributed by atoms with E-state index in [-0.39, 0.29) is 11.3 Å². The number of Topliss-reactive ketones (excluding diaryl/α,β-unsaturated/α-hetero) is 1. The van der Waals surface area contributed by atoms with E-state index in [1.54, 1.807) is 35.2 Å². The molecule has 0 bridgehead atoms. The molecule has 180 valence electrons. The Bertz CT molecular complexity index is 1470. The van der Waals surface area contributed by atoms with Gasteiger partial charge in [0.1, 0.15) is 5.54 Å². The zero-order valence-electron chi connectivity index (χ0n) is 19.8. The third-order valence-electron chi connectivity index (χ3n) is 7.03. The standard InChI is InChI=1S/C32H23NO4/c34-29(28-21-12-22-37-28)32(36)26-19-10-11-20-27(26)33(30(32)35)31(23-13-4-1-5-14-23,24-15-6-2-7-16-24)25-17-8-3-9-18-25/h1-22,36H/t32-/m1/s1. The summed E-state index contributed by atoms with van der Waals surface area (Å²) in [5.41, 5.74) is -0.552. The Morgan fingerprint density at radius 1 is 0.676 bits per heavy atom. The van der Waals surface area contributed by atoms with Gasteiger partial charge in [-0.05, 0) is 34.9 Å². The van der Waals surface area contributed by atoms with Crippen LogP contribution in [-0.4, -0.2) is 16.8 Å². The van der Waals surface area contributed by atoms with Gasteiger partial charge in [0.15, 0.2) is 5.76 Å². The average Bonchev–Trinajstić information content (AvgIpc) is 3.58. The zero-order chi connectivity index (χ0) is 25.5. The number of aliphatic hydroxyl groups is 1. The average molecular weight is 486 g/mol. The molecule has 0 unspecified atom stereocenters. The first-order valence-corrected chi connectivity index (χ1v) is 12.0. The third kappa shape index (κ3) is 3.21. The first-order chi connectivity index (χ1) is 18.1. The van der Waals surface area contributed by atoms with Crippen LogP contribution < -0.4 is 4.90 Å². The van der Waals surface area contributed by atoms with E-state index >= 15 is 0 Å². The Balaban J connectivity index is 1.71. The molecule has 1 atom stereocenters. The van der Waals surface area contributed by atoms with Gasteiger partial charge in [-0.3, -0.25) is 14.5 Å². The van der Waals surface area contributed by atoms with E-state index in [2.05, 4.69) is 0 Å². The number of nitrogens with zero attached hydrogens (tertiary/aromatic N) is 1. The molecule has 0 radical (unpaired) electrons. The molecule has 1 amide bonds. The van der Waals surface area contributed by atoms with Crippen molar-refractivity contribution in [3.8, 4) is 0 Å². The summed E-state index contributed by atoms with van der Waals surface area (Å²) < 4.78 is 5.33. The van der Waals surface area contributed by atoms with Gasteiger partial charge in [0.05, 0.1) is 12.0 Å². The topological polar surface area (TPSA) is 70.7 Å². The zero-order valence-corrected chi connectivity index (χ0v) is 19.8. The van der Waals surface area contributed by atoms with Crippen LogP contribution in [0.25, 0.3) is 0 Å². The molecule has 1 aliphatic heterocycles. The van der Waals surface area contributed by atoms with Crippen molar-refractivity contribution in [3.05, 3.63) is 162 Å². The molecule has 1 aromatic heterocycles. The second-order valence-corrected chi connectivity index (χ2v) is 8.98. The number of anilines is 1. The van der Waals surface area contributed by atoms with Crippen molar-refractivity contribution in [1.82, 2.24) is 0 Å². The second kappa shape index (κ2) is 8.73. The Morgan fingerprint density at radius 2 is 1.16 bits per heavy atom. The van der Waals surface area contributed by atoms with Crippen LogP contribution in [0.3, 0.4) is 0 Å². The van der Waals surface area contributed by atoms with Crippen LogP contribution >= 0.6 is 0 Å². The molecular formula is C32H23NO4. The number of ketones is 1. The Labute approximate surface area is 214 Å². The number of furan rings is 1. The highest BCUT2D eigenvalue weighted by Crippen LogP contribution is 2.52. The van der Waals surface area contributed by atoms with Crippen LogP contribution in [0, 0.1) is 0 Å². The van der Waals surface area contributed by atoms with Crippen molar-refractivity contribution >= 4 is 17.4 Å². The summed E-state index contributed by atoms with van der Waals surface area (Å²) in [6, 6.07) is 38.9.